The zero-order chi connectivity index (χ0) is 18.3. The summed E-state index contributed by atoms with van der Waals surface area (Å²) in [6.07, 6.45) is 13.2. The molecule has 0 fully saturated rings. The Morgan fingerprint density at radius 2 is 1.28 bits per heavy atom. The summed E-state index contributed by atoms with van der Waals surface area (Å²) in [5.74, 6) is 0. The predicted octanol–water partition coefficient (Wildman–Crippen LogP) is 4.65. The first-order valence-electron chi connectivity index (χ1n) is 8.80. The van der Waals surface area contributed by atoms with Gasteiger partial charge in [0.1, 0.15) is 10.1 Å². The van der Waals surface area contributed by atoms with E-state index in [1.165, 1.54) is 57.4 Å². The first-order valence-corrected chi connectivity index (χ1v) is 10.2. The third kappa shape index (κ3) is 13.2. The monoisotopic (exact) mass is 416 g/mol. The van der Waals surface area contributed by atoms with E-state index in [0.29, 0.717) is 12.0 Å². The second-order valence-corrected chi connectivity index (χ2v) is 7.34. The van der Waals surface area contributed by atoms with Gasteiger partial charge in [-0.15, -0.1) is 0 Å². The first-order chi connectivity index (χ1) is 11.6. The smallest absolute Gasteiger partial charge is 0.744 e. The zero-order valence-electron chi connectivity index (χ0n) is 14.9. The molecule has 0 spiro atoms. The van der Waals surface area contributed by atoms with E-state index in [-0.39, 0.29) is 22.0 Å². The van der Waals surface area contributed by atoms with Crippen molar-refractivity contribution < 1.29 is 34.8 Å². The molecular weight excluding hydrogens is 388 g/mol. The molecule has 0 amide bonds. The van der Waals surface area contributed by atoms with Crippen LogP contribution in [0.15, 0.2) is 29.2 Å². The average Bonchev–Trinajstić information content (AvgIpc) is 2.58. The SMILES string of the molecule is CCCCCCCCCCCCc1ccccc1S(=O)(=O)[O-].[C]=O.[Cu+]. The van der Waals surface area contributed by atoms with E-state index in [0.717, 1.165) is 12.8 Å². The molecule has 1 aromatic rings. The second-order valence-electron chi connectivity index (χ2n) is 5.99. The summed E-state index contributed by atoms with van der Waals surface area (Å²) in [6, 6.07) is 6.56. The molecular formula is C19H29CuO4S. The summed E-state index contributed by atoms with van der Waals surface area (Å²) < 4.78 is 33.5. The van der Waals surface area contributed by atoms with Crippen molar-refractivity contribution in [2.75, 3.05) is 0 Å². The Morgan fingerprint density at radius 3 is 1.76 bits per heavy atom. The molecule has 0 aliphatic carbocycles. The number of hydrogen-bond acceptors (Lipinski definition) is 4. The fourth-order valence-electron chi connectivity index (χ4n) is 2.76. The Morgan fingerprint density at radius 1 is 0.840 bits per heavy atom. The third-order valence-corrected chi connectivity index (χ3v) is 4.98. The van der Waals surface area contributed by atoms with Crippen molar-refractivity contribution in [3.63, 3.8) is 0 Å². The van der Waals surface area contributed by atoms with Crippen molar-refractivity contribution in [3.05, 3.63) is 29.8 Å². The van der Waals surface area contributed by atoms with Crippen LogP contribution in [0.1, 0.15) is 76.7 Å². The van der Waals surface area contributed by atoms with Crippen LogP contribution in [0.2, 0.25) is 0 Å². The summed E-state index contributed by atoms with van der Waals surface area (Å²) in [7, 11) is -4.35. The van der Waals surface area contributed by atoms with E-state index in [1.54, 1.807) is 18.2 Å². The Balaban J connectivity index is 0. The number of unbranched alkanes of at least 4 members (excludes halogenated alkanes) is 9. The Labute approximate surface area is 164 Å². The number of carbonyl (C=O) groups excluding carboxylic acids is 1. The fraction of sp³-hybridized carbons (Fsp3) is 0.632. The van der Waals surface area contributed by atoms with E-state index in [9.17, 15) is 13.0 Å². The molecule has 1 aromatic carbocycles. The van der Waals surface area contributed by atoms with Gasteiger partial charge in [-0.3, -0.25) is 4.79 Å². The van der Waals surface area contributed by atoms with Crippen LogP contribution in [0.25, 0.3) is 0 Å². The van der Waals surface area contributed by atoms with Gasteiger partial charge in [-0.2, -0.15) is 0 Å². The molecule has 0 aliphatic rings. The van der Waals surface area contributed by atoms with E-state index in [1.807, 2.05) is 0 Å². The molecule has 4 nitrogen and oxygen atoms in total. The van der Waals surface area contributed by atoms with Crippen LogP contribution in [-0.4, -0.2) is 19.8 Å². The summed E-state index contributed by atoms with van der Waals surface area (Å²) in [5, 5.41) is 0. The fourth-order valence-corrected chi connectivity index (χ4v) is 3.49. The van der Waals surface area contributed by atoms with Gasteiger partial charge in [0.2, 0.25) is 0 Å². The molecule has 0 saturated carbocycles. The van der Waals surface area contributed by atoms with Crippen LogP contribution < -0.4 is 0 Å². The van der Waals surface area contributed by atoms with Crippen molar-refractivity contribution in [2.45, 2.75) is 82.4 Å². The van der Waals surface area contributed by atoms with E-state index < -0.39 is 10.1 Å². The van der Waals surface area contributed by atoms with Gasteiger partial charge in [0, 0.05) is 0 Å². The maximum Gasteiger partial charge on any atom is 1.00 e. The van der Waals surface area contributed by atoms with E-state index >= 15 is 0 Å². The minimum Gasteiger partial charge on any atom is -0.744 e. The maximum absolute atomic E-state index is 11.2. The van der Waals surface area contributed by atoms with Crippen LogP contribution in [0.5, 0.6) is 0 Å². The molecule has 146 valence electrons. The summed E-state index contributed by atoms with van der Waals surface area (Å²) in [6.45, 7) is 6.73. The normalized spacial score (nSPS) is 10.5. The van der Waals surface area contributed by atoms with Crippen LogP contribution >= 0.6 is 0 Å². The molecule has 25 heavy (non-hydrogen) atoms. The summed E-state index contributed by atoms with van der Waals surface area (Å²) in [4.78, 5) is 7.45. The van der Waals surface area contributed by atoms with Gasteiger partial charge in [-0.1, -0.05) is 82.9 Å². The Hall–Kier alpha value is -0.681. The van der Waals surface area contributed by atoms with Gasteiger partial charge in [0.25, 0.3) is 6.79 Å². The molecule has 2 radical (unpaired) electrons. The van der Waals surface area contributed by atoms with Gasteiger partial charge in [-0.25, -0.2) is 8.42 Å². The van der Waals surface area contributed by atoms with Crippen LogP contribution in [-0.2, 0) is 38.4 Å². The van der Waals surface area contributed by atoms with Gasteiger partial charge in [0.05, 0.1) is 4.90 Å². The van der Waals surface area contributed by atoms with Crippen molar-refractivity contribution in [2.24, 2.45) is 0 Å². The van der Waals surface area contributed by atoms with E-state index in [2.05, 4.69) is 13.7 Å². The molecule has 0 saturated heterocycles. The molecule has 0 atom stereocenters. The van der Waals surface area contributed by atoms with Gasteiger partial charge in [-0.05, 0) is 24.5 Å². The topological polar surface area (TPSA) is 74.3 Å². The Bertz CT molecular complexity index is 532. The average molecular weight is 417 g/mol. The predicted molar refractivity (Wildman–Crippen MR) is 95.6 cm³/mol. The minimum absolute atomic E-state index is 0. The van der Waals surface area contributed by atoms with Crippen molar-refractivity contribution >= 4 is 16.9 Å². The number of aryl methyl sites for hydroxylation is 1. The molecule has 0 bridgehead atoms. The van der Waals surface area contributed by atoms with Crippen molar-refractivity contribution in [1.29, 1.82) is 0 Å². The Kier molecular flexibility index (Phi) is 17.8. The zero-order valence-corrected chi connectivity index (χ0v) is 16.7. The molecule has 0 aromatic heterocycles. The van der Waals surface area contributed by atoms with Crippen molar-refractivity contribution in [3.8, 4) is 0 Å². The van der Waals surface area contributed by atoms with Crippen LogP contribution in [0.4, 0.5) is 0 Å². The van der Waals surface area contributed by atoms with Gasteiger partial charge < -0.3 is 4.55 Å². The quantitative estimate of drug-likeness (QED) is 0.282. The van der Waals surface area contributed by atoms with Gasteiger partial charge in [0.15, 0.2) is 0 Å². The molecule has 0 N–H and O–H groups in total. The number of hydrogen-bond donors (Lipinski definition) is 0. The molecule has 1 rings (SSSR count). The van der Waals surface area contributed by atoms with E-state index in [4.69, 9.17) is 4.79 Å². The summed E-state index contributed by atoms with van der Waals surface area (Å²) in [5.41, 5.74) is 0.664. The molecule has 6 heteroatoms. The molecule has 0 unspecified atom stereocenters. The van der Waals surface area contributed by atoms with Gasteiger partial charge >= 0.3 is 17.1 Å². The van der Waals surface area contributed by atoms with Crippen molar-refractivity contribution in [1.82, 2.24) is 0 Å². The maximum atomic E-state index is 11.2. The molecule has 0 heterocycles. The summed E-state index contributed by atoms with van der Waals surface area (Å²) >= 11 is 0. The van der Waals surface area contributed by atoms with Crippen LogP contribution in [0.3, 0.4) is 0 Å². The number of benzene rings is 1. The molecule has 0 aliphatic heterocycles. The third-order valence-electron chi connectivity index (χ3n) is 4.04. The standard InChI is InChI=1S/C18H30O3S.CO.Cu/c1-2-3-4-5-6-7-8-9-10-11-14-17-15-12-13-16-18(17)22(19,20)21;1-2;/h12-13,15-16H,2-11,14H2,1H3,(H,19,20,21);;/q;;+1/p-1. The largest absolute Gasteiger partial charge is 1.00 e. The second kappa shape index (κ2) is 16.8. The first kappa shape index (κ1) is 26.5. The van der Waals surface area contributed by atoms with Crippen LogP contribution in [0, 0.1) is 0 Å². The number of rotatable bonds is 12. The minimum atomic E-state index is -4.35.